The smallest absolute Gasteiger partial charge is 0.342 e. The van der Waals surface area contributed by atoms with Crippen LogP contribution in [0.25, 0.3) is 11.0 Å². The van der Waals surface area contributed by atoms with Gasteiger partial charge in [0.1, 0.15) is 5.56 Å². The van der Waals surface area contributed by atoms with Gasteiger partial charge in [0, 0.05) is 13.1 Å². The number of aromatic carboxylic acids is 1. The molecule has 0 atom stereocenters. The summed E-state index contributed by atoms with van der Waals surface area (Å²) < 4.78 is 1.60. The Morgan fingerprint density at radius 1 is 1.56 bits per heavy atom. The molecule has 1 aromatic carbocycles. The number of hydrogen-bond acceptors (Lipinski definition) is 4. The lowest BCUT2D eigenvalue weighted by molar-refractivity contribution is -0.385. The van der Waals surface area contributed by atoms with Gasteiger partial charge in [-0.3, -0.25) is 10.1 Å². The molecule has 2 rings (SSSR count). The van der Waals surface area contributed by atoms with Crippen molar-refractivity contribution in [1.29, 1.82) is 0 Å². The van der Waals surface area contributed by atoms with Crippen molar-refractivity contribution in [3.63, 3.8) is 0 Å². The van der Waals surface area contributed by atoms with Crippen LogP contribution in [-0.2, 0) is 7.05 Å². The molecule has 0 aliphatic heterocycles. The highest BCUT2D eigenvalue weighted by atomic mass is 16.6. The normalized spacial score (nSPS) is 10.6. The molecule has 1 N–H and O–H groups in total. The van der Waals surface area contributed by atoms with Crippen molar-refractivity contribution in [2.45, 2.75) is 0 Å². The summed E-state index contributed by atoms with van der Waals surface area (Å²) >= 11 is 0. The molecule has 0 aliphatic carbocycles. The highest BCUT2D eigenvalue weighted by Crippen LogP contribution is 2.24. The molecule has 1 heterocycles. The van der Waals surface area contributed by atoms with E-state index in [0.29, 0.717) is 11.0 Å². The van der Waals surface area contributed by atoms with Crippen molar-refractivity contribution in [2.75, 3.05) is 0 Å². The van der Waals surface area contributed by atoms with Crippen molar-refractivity contribution in [3.05, 3.63) is 34.1 Å². The SMILES string of the molecule is Cn1cnc2cc([N+](=O)[O-])c(C(=O)O)cc21. The van der Waals surface area contributed by atoms with E-state index in [1.54, 1.807) is 11.6 Å². The molecule has 16 heavy (non-hydrogen) atoms. The molecule has 0 bridgehead atoms. The van der Waals surface area contributed by atoms with Gasteiger partial charge in [0.25, 0.3) is 5.69 Å². The Labute approximate surface area is 89.1 Å². The zero-order valence-electron chi connectivity index (χ0n) is 8.25. The van der Waals surface area contributed by atoms with Gasteiger partial charge in [0.15, 0.2) is 0 Å². The quantitative estimate of drug-likeness (QED) is 0.606. The predicted molar refractivity (Wildman–Crippen MR) is 54.3 cm³/mol. The number of nitrogens with zero attached hydrogens (tertiary/aromatic N) is 3. The minimum absolute atomic E-state index is 0.332. The fourth-order valence-electron chi connectivity index (χ4n) is 1.49. The van der Waals surface area contributed by atoms with E-state index >= 15 is 0 Å². The number of aryl methyl sites for hydroxylation is 1. The van der Waals surface area contributed by atoms with E-state index in [1.165, 1.54) is 18.5 Å². The van der Waals surface area contributed by atoms with Crippen molar-refractivity contribution in [1.82, 2.24) is 9.55 Å². The Bertz CT molecular complexity index is 602. The number of nitro benzene ring substituents is 1. The van der Waals surface area contributed by atoms with Gasteiger partial charge in [-0.2, -0.15) is 0 Å². The summed E-state index contributed by atoms with van der Waals surface area (Å²) in [6, 6.07) is 2.42. The highest BCUT2D eigenvalue weighted by Gasteiger charge is 2.21. The van der Waals surface area contributed by atoms with Gasteiger partial charge in [-0.05, 0) is 6.07 Å². The van der Waals surface area contributed by atoms with E-state index in [0.717, 1.165) is 0 Å². The van der Waals surface area contributed by atoms with Crippen LogP contribution in [0.3, 0.4) is 0 Å². The lowest BCUT2D eigenvalue weighted by Crippen LogP contribution is -2.03. The largest absolute Gasteiger partial charge is 0.477 e. The number of aromatic nitrogens is 2. The second-order valence-corrected chi connectivity index (χ2v) is 3.28. The van der Waals surface area contributed by atoms with E-state index in [2.05, 4.69) is 4.98 Å². The maximum absolute atomic E-state index is 10.9. The maximum atomic E-state index is 10.9. The number of hydrogen-bond donors (Lipinski definition) is 1. The Hall–Kier alpha value is -2.44. The highest BCUT2D eigenvalue weighted by molar-refractivity contribution is 5.97. The van der Waals surface area contributed by atoms with E-state index in [4.69, 9.17) is 5.11 Å². The number of imidazole rings is 1. The van der Waals surface area contributed by atoms with Gasteiger partial charge in [-0.1, -0.05) is 0 Å². The van der Waals surface area contributed by atoms with Gasteiger partial charge >= 0.3 is 5.97 Å². The number of carboxylic acids is 1. The first-order valence-electron chi connectivity index (χ1n) is 4.33. The molecule has 2 aromatic rings. The van der Waals surface area contributed by atoms with Crippen LogP contribution in [0.4, 0.5) is 5.69 Å². The van der Waals surface area contributed by atoms with E-state index < -0.39 is 16.6 Å². The molecule has 0 radical (unpaired) electrons. The summed E-state index contributed by atoms with van der Waals surface area (Å²) in [5.41, 5.74) is 0.169. The molecule has 0 saturated carbocycles. The summed E-state index contributed by atoms with van der Waals surface area (Å²) in [6.45, 7) is 0. The first-order chi connectivity index (χ1) is 7.50. The molecule has 0 fully saturated rings. The molecule has 0 spiro atoms. The van der Waals surface area contributed by atoms with Crippen molar-refractivity contribution in [3.8, 4) is 0 Å². The Morgan fingerprint density at radius 3 is 2.81 bits per heavy atom. The number of fused-ring (bicyclic) bond motifs is 1. The lowest BCUT2D eigenvalue weighted by Gasteiger charge is -1.99. The first kappa shape index (κ1) is 10.1. The topological polar surface area (TPSA) is 98.3 Å². The third-order valence-corrected chi connectivity index (χ3v) is 2.27. The molecular weight excluding hydrogens is 214 g/mol. The van der Waals surface area contributed by atoms with Crippen LogP contribution in [0.1, 0.15) is 10.4 Å². The number of benzene rings is 1. The van der Waals surface area contributed by atoms with Crippen LogP contribution in [0.15, 0.2) is 18.5 Å². The molecule has 0 saturated heterocycles. The zero-order valence-corrected chi connectivity index (χ0v) is 8.25. The molecule has 0 aliphatic rings. The zero-order chi connectivity index (χ0) is 11.9. The average molecular weight is 221 g/mol. The molecule has 7 nitrogen and oxygen atoms in total. The Morgan fingerprint density at radius 2 is 2.25 bits per heavy atom. The van der Waals surface area contributed by atoms with Gasteiger partial charge in [-0.25, -0.2) is 9.78 Å². The van der Waals surface area contributed by atoms with Crippen LogP contribution >= 0.6 is 0 Å². The number of carboxylic acid groups (broad SMARTS) is 1. The third-order valence-electron chi connectivity index (χ3n) is 2.27. The van der Waals surface area contributed by atoms with Crippen molar-refractivity contribution >= 4 is 22.7 Å². The Kier molecular flexibility index (Phi) is 2.08. The second kappa shape index (κ2) is 3.30. The molecule has 7 heteroatoms. The minimum atomic E-state index is -1.32. The van der Waals surface area contributed by atoms with E-state index in [-0.39, 0.29) is 5.56 Å². The summed E-state index contributed by atoms with van der Waals surface area (Å²) in [6.07, 6.45) is 1.47. The second-order valence-electron chi connectivity index (χ2n) is 3.28. The summed E-state index contributed by atoms with van der Waals surface area (Å²) in [4.78, 5) is 24.8. The minimum Gasteiger partial charge on any atom is -0.477 e. The molecule has 0 amide bonds. The van der Waals surface area contributed by atoms with Crippen molar-refractivity contribution < 1.29 is 14.8 Å². The summed E-state index contributed by atoms with van der Waals surface area (Å²) in [7, 11) is 1.69. The predicted octanol–water partition coefficient (Wildman–Crippen LogP) is 1.18. The average Bonchev–Trinajstić information content (AvgIpc) is 2.58. The number of carbonyl (C=O) groups is 1. The van der Waals surface area contributed by atoms with Gasteiger partial charge in [0.2, 0.25) is 0 Å². The van der Waals surface area contributed by atoms with E-state index in [1.807, 2.05) is 0 Å². The number of rotatable bonds is 2. The summed E-state index contributed by atoms with van der Waals surface area (Å²) in [5, 5.41) is 19.6. The van der Waals surface area contributed by atoms with Crippen LogP contribution in [0, 0.1) is 10.1 Å². The lowest BCUT2D eigenvalue weighted by atomic mass is 10.1. The molecule has 1 aromatic heterocycles. The van der Waals surface area contributed by atoms with Crippen molar-refractivity contribution in [2.24, 2.45) is 7.05 Å². The van der Waals surface area contributed by atoms with Crippen LogP contribution < -0.4 is 0 Å². The van der Waals surface area contributed by atoms with Gasteiger partial charge in [0.05, 0.1) is 22.3 Å². The van der Waals surface area contributed by atoms with E-state index in [9.17, 15) is 14.9 Å². The van der Waals surface area contributed by atoms with Gasteiger partial charge in [-0.15, -0.1) is 0 Å². The maximum Gasteiger partial charge on any atom is 0.342 e. The fourth-order valence-corrected chi connectivity index (χ4v) is 1.49. The van der Waals surface area contributed by atoms with Gasteiger partial charge < -0.3 is 9.67 Å². The fraction of sp³-hybridized carbons (Fsp3) is 0.111. The third kappa shape index (κ3) is 1.38. The Balaban J connectivity index is 2.83. The standard InChI is InChI=1S/C9H7N3O4/c1-11-4-10-6-3-7(12(15)16)5(9(13)14)2-8(6)11/h2-4H,1H3,(H,13,14). The molecule has 0 unspecified atom stereocenters. The first-order valence-corrected chi connectivity index (χ1v) is 4.33. The number of nitro groups is 1. The monoisotopic (exact) mass is 221 g/mol. The van der Waals surface area contributed by atoms with Crippen LogP contribution in [0.2, 0.25) is 0 Å². The van der Waals surface area contributed by atoms with Crippen LogP contribution in [-0.4, -0.2) is 25.6 Å². The van der Waals surface area contributed by atoms with Crippen LogP contribution in [0.5, 0.6) is 0 Å². The molecular formula is C9H7N3O4. The molecule has 82 valence electrons. The summed E-state index contributed by atoms with van der Waals surface area (Å²) in [5.74, 6) is -1.32.